The average Bonchev–Trinajstić information content (AvgIpc) is 2.54. The molecule has 25 heavy (non-hydrogen) atoms. The SMILES string of the molecule is C=C(C)C(=O)OC.C=C(C)C(=O)Oc1cccc(NC(=O)CC#N)c1. The zero-order valence-corrected chi connectivity index (χ0v) is 14.4. The second kappa shape index (κ2) is 11.2. The third-order valence-corrected chi connectivity index (χ3v) is 2.45. The van der Waals surface area contributed by atoms with E-state index in [2.05, 4.69) is 23.2 Å². The lowest BCUT2D eigenvalue weighted by Gasteiger charge is -2.06. The molecule has 0 heterocycles. The number of esters is 2. The number of carbonyl (C=O) groups excluding carboxylic acids is 3. The third-order valence-electron chi connectivity index (χ3n) is 2.45. The highest BCUT2D eigenvalue weighted by Gasteiger charge is 2.07. The van der Waals surface area contributed by atoms with E-state index in [-0.39, 0.29) is 18.0 Å². The van der Waals surface area contributed by atoms with Gasteiger partial charge in [0.05, 0.1) is 13.2 Å². The quantitative estimate of drug-likeness (QED) is 0.500. The molecule has 1 amide bonds. The molecule has 1 aromatic carbocycles. The van der Waals surface area contributed by atoms with E-state index in [0.29, 0.717) is 17.0 Å². The molecule has 0 unspecified atom stereocenters. The lowest BCUT2D eigenvalue weighted by Crippen LogP contribution is -2.11. The molecule has 132 valence electrons. The van der Waals surface area contributed by atoms with Crippen LogP contribution >= 0.6 is 0 Å². The van der Waals surface area contributed by atoms with Crippen LogP contribution in [0.15, 0.2) is 48.6 Å². The van der Waals surface area contributed by atoms with Crippen LogP contribution < -0.4 is 10.1 Å². The number of nitrogens with one attached hydrogen (secondary N) is 1. The number of ether oxygens (including phenoxy) is 2. The summed E-state index contributed by atoms with van der Waals surface area (Å²) in [6.07, 6.45) is -0.226. The molecular formula is C18H20N2O5. The molecule has 0 radical (unpaired) electrons. The topological polar surface area (TPSA) is 105 Å². The monoisotopic (exact) mass is 344 g/mol. The van der Waals surface area contributed by atoms with Gasteiger partial charge in [-0.15, -0.1) is 0 Å². The number of carbonyl (C=O) groups is 3. The van der Waals surface area contributed by atoms with Gasteiger partial charge in [0, 0.05) is 22.9 Å². The van der Waals surface area contributed by atoms with Gasteiger partial charge in [0.15, 0.2) is 0 Å². The summed E-state index contributed by atoms with van der Waals surface area (Å²) in [5, 5.41) is 10.9. The standard InChI is InChI=1S/C13H12N2O3.C5H8O2/c1-9(2)13(17)18-11-5-3-4-10(8-11)15-12(16)6-7-14;1-4(2)5(6)7-3/h3-5,8H,1,6H2,2H3,(H,15,16);1H2,2-3H3. The number of nitrogens with zero attached hydrogens (tertiary/aromatic N) is 1. The van der Waals surface area contributed by atoms with Crippen LogP contribution in [0.4, 0.5) is 5.69 Å². The molecule has 0 aromatic heterocycles. The number of nitriles is 1. The van der Waals surface area contributed by atoms with Gasteiger partial charge in [0.1, 0.15) is 12.2 Å². The summed E-state index contributed by atoms with van der Waals surface area (Å²) in [5.74, 6) is -0.992. The first-order valence-corrected chi connectivity index (χ1v) is 7.09. The number of benzene rings is 1. The Morgan fingerprint density at radius 1 is 1.16 bits per heavy atom. The molecule has 0 bridgehead atoms. The summed E-state index contributed by atoms with van der Waals surface area (Å²) < 4.78 is 9.28. The Kier molecular flexibility index (Phi) is 9.66. The van der Waals surface area contributed by atoms with Crippen molar-refractivity contribution in [1.29, 1.82) is 5.26 Å². The van der Waals surface area contributed by atoms with Gasteiger partial charge in [0.2, 0.25) is 5.91 Å². The van der Waals surface area contributed by atoms with Crippen molar-refractivity contribution in [2.45, 2.75) is 20.3 Å². The molecule has 0 saturated carbocycles. The molecule has 7 heteroatoms. The van der Waals surface area contributed by atoms with Crippen LogP contribution in [0.5, 0.6) is 5.75 Å². The Bertz CT molecular complexity index is 716. The Labute approximate surface area is 146 Å². The molecule has 1 N–H and O–H groups in total. The number of hydrogen-bond acceptors (Lipinski definition) is 6. The van der Waals surface area contributed by atoms with Crippen molar-refractivity contribution in [3.63, 3.8) is 0 Å². The highest BCUT2D eigenvalue weighted by molar-refractivity contribution is 5.92. The molecule has 7 nitrogen and oxygen atoms in total. The van der Waals surface area contributed by atoms with Crippen molar-refractivity contribution in [2.24, 2.45) is 0 Å². The van der Waals surface area contributed by atoms with Gasteiger partial charge in [-0.1, -0.05) is 19.2 Å². The van der Waals surface area contributed by atoms with Crippen LogP contribution in [0, 0.1) is 11.3 Å². The lowest BCUT2D eigenvalue weighted by atomic mass is 10.3. The van der Waals surface area contributed by atoms with Gasteiger partial charge >= 0.3 is 11.9 Å². The summed E-state index contributed by atoms with van der Waals surface area (Å²) in [5.41, 5.74) is 1.18. The van der Waals surface area contributed by atoms with E-state index in [1.54, 1.807) is 38.1 Å². The number of anilines is 1. The van der Waals surface area contributed by atoms with E-state index in [9.17, 15) is 14.4 Å². The predicted octanol–water partition coefficient (Wildman–Crippen LogP) is 2.76. The smallest absolute Gasteiger partial charge is 0.338 e. The second-order valence-electron chi connectivity index (χ2n) is 4.85. The summed E-state index contributed by atoms with van der Waals surface area (Å²) in [6, 6.07) is 8.08. The van der Waals surface area contributed by atoms with E-state index >= 15 is 0 Å². The zero-order chi connectivity index (χ0) is 19.4. The first kappa shape index (κ1) is 21.6. The van der Waals surface area contributed by atoms with Gasteiger partial charge in [0.25, 0.3) is 0 Å². The Morgan fingerprint density at radius 3 is 2.20 bits per heavy atom. The maximum absolute atomic E-state index is 11.3. The predicted molar refractivity (Wildman–Crippen MR) is 92.6 cm³/mol. The van der Waals surface area contributed by atoms with Gasteiger partial charge in [-0.25, -0.2) is 9.59 Å². The second-order valence-corrected chi connectivity index (χ2v) is 4.85. The van der Waals surface area contributed by atoms with Crippen molar-refractivity contribution in [3.05, 3.63) is 48.6 Å². The molecule has 0 aliphatic carbocycles. The fourth-order valence-electron chi connectivity index (χ4n) is 1.28. The molecule has 1 aromatic rings. The first-order chi connectivity index (χ1) is 11.7. The Morgan fingerprint density at radius 2 is 1.76 bits per heavy atom. The van der Waals surface area contributed by atoms with Crippen molar-refractivity contribution >= 4 is 23.5 Å². The van der Waals surface area contributed by atoms with Crippen LogP contribution in [0.25, 0.3) is 0 Å². The van der Waals surface area contributed by atoms with Gasteiger partial charge in [-0.05, 0) is 26.0 Å². The molecule has 0 spiro atoms. The van der Waals surface area contributed by atoms with E-state index < -0.39 is 11.9 Å². The molecule has 0 fully saturated rings. The minimum Gasteiger partial charge on any atom is -0.466 e. The van der Waals surface area contributed by atoms with Gasteiger partial charge in [-0.3, -0.25) is 4.79 Å². The normalized spacial score (nSPS) is 8.72. The molecule has 0 saturated heterocycles. The first-order valence-electron chi connectivity index (χ1n) is 7.09. The number of hydrogen-bond donors (Lipinski definition) is 1. The maximum atomic E-state index is 11.3. The molecule has 0 atom stereocenters. The van der Waals surface area contributed by atoms with E-state index in [0.717, 1.165) is 0 Å². The molecule has 0 aliphatic heterocycles. The van der Waals surface area contributed by atoms with E-state index in [1.165, 1.54) is 13.2 Å². The van der Waals surface area contributed by atoms with Crippen molar-refractivity contribution < 1.29 is 23.9 Å². The molecular weight excluding hydrogens is 324 g/mol. The summed E-state index contributed by atoms with van der Waals surface area (Å²) in [4.78, 5) is 32.7. The summed E-state index contributed by atoms with van der Waals surface area (Å²) in [7, 11) is 1.33. The summed E-state index contributed by atoms with van der Waals surface area (Å²) in [6.45, 7) is 9.96. The fraction of sp³-hybridized carbons (Fsp3) is 0.222. The third kappa shape index (κ3) is 9.36. The minimum absolute atomic E-state index is 0.226. The van der Waals surface area contributed by atoms with Gasteiger partial charge < -0.3 is 14.8 Å². The number of methoxy groups -OCH3 is 1. The minimum atomic E-state index is -0.532. The van der Waals surface area contributed by atoms with Crippen molar-refractivity contribution in [1.82, 2.24) is 0 Å². The van der Waals surface area contributed by atoms with Crippen molar-refractivity contribution in [3.8, 4) is 11.8 Å². The van der Waals surface area contributed by atoms with Crippen LogP contribution in [0.3, 0.4) is 0 Å². The van der Waals surface area contributed by atoms with Crippen molar-refractivity contribution in [2.75, 3.05) is 12.4 Å². The van der Waals surface area contributed by atoms with Crippen LogP contribution in [0.2, 0.25) is 0 Å². The summed E-state index contributed by atoms with van der Waals surface area (Å²) >= 11 is 0. The highest BCUT2D eigenvalue weighted by atomic mass is 16.5. The van der Waals surface area contributed by atoms with Crippen LogP contribution in [-0.2, 0) is 19.1 Å². The lowest BCUT2D eigenvalue weighted by molar-refractivity contribution is -0.136. The number of rotatable bonds is 5. The van der Waals surface area contributed by atoms with Crippen LogP contribution in [-0.4, -0.2) is 25.0 Å². The average molecular weight is 344 g/mol. The Balaban J connectivity index is 0.000000697. The largest absolute Gasteiger partial charge is 0.466 e. The zero-order valence-electron chi connectivity index (χ0n) is 14.4. The Hall–Kier alpha value is -3.40. The highest BCUT2D eigenvalue weighted by Crippen LogP contribution is 2.18. The molecule has 1 rings (SSSR count). The molecule has 0 aliphatic rings. The van der Waals surface area contributed by atoms with E-state index in [1.807, 2.05) is 0 Å². The van der Waals surface area contributed by atoms with E-state index in [4.69, 9.17) is 10.00 Å². The number of amides is 1. The fourth-order valence-corrected chi connectivity index (χ4v) is 1.28. The maximum Gasteiger partial charge on any atom is 0.338 e. The van der Waals surface area contributed by atoms with Gasteiger partial charge in [-0.2, -0.15) is 5.26 Å². The van der Waals surface area contributed by atoms with Crippen LogP contribution in [0.1, 0.15) is 20.3 Å².